The largest absolute Gasteiger partial charge is 0.487 e. The number of benzene rings is 1. The van der Waals surface area contributed by atoms with Crippen LogP contribution in [0.3, 0.4) is 0 Å². The molecule has 1 aromatic heterocycles. The van der Waals surface area contributed by atoms with Gasteiger partial charge in [0.2, 0.25) is 0 Å². The minimum atomic E-state index is 0.254. The van der Waals surface area contributed by atoms with Crippen molar-refractivity contribution in [3.63, 3.8) is 0 Å². The van der Waals surface area contributed by atoms with Crippen LogP contribution < -0.4 is 4.74 Å². The first-order chi connectivity index (χ1) is 8.56. The number of pyridine rings is 1. The summed E-state index contributed by atoms with van der Waals surface area (Å²) in [6, 6.07) is 8.41. The zero-order valence-corrected chi connectivity index (χ0v) is 12.0. The molecule has 0 N–H and O–H groups in total. The lowest BCUT2D eigenvalue weighted by Gasteiger charge is -2.09. The van der Waals surface area contributed by atoms with Gasteiger partial charge < -0.3 is 4.74 Å². The lowest BCUT2D eigenvalue weighted by Crippen LogP contribution is -1.98. The van der Waals surface area contributed by atoms with Gasteiger partial charge in [0.05, 0.1) is 5.02 Å². The number of hydrogen-bond donors (Lipinski definition) is 0. The predicted octanol–water partition coefficient (Wildman–Crippen LogP) is 5.27. The Labute approximate surface area is 124 Å². The zero-order valence-electron chi connectivity index (χ0n) is 8.96. The quantitative estimate of drug-likeness (QED) is 0.718. The Hall–Kier alpha value is -0.670. The van der Waals surface area contributed by atoms with E-state index in [2.05, 4.69) is 4.98 Å². The van der Waals surface area contributed by atoms with Crippen LogP contribution >= 0.6 is 46.4 Å². The molecule has 0 spiro atoms. The molecule has 6 heteroatoms. The van der Waals surface area contributed by atoms with E-state index in [-0.39, 0.29) is 6.61 Å². The summed E-state index contributed by atoms with van der Waals surface area (Å²) in [5, 5.41) is 1.65. The second kappa shape index (κ2) is 5.98. The van der Waals surface area contributed by atoms with Gasteiger partial charge in [-0.25, -0.2) is 4.98 Å². The van der Waals surface area contributed by atoms with Crippen molar-refractivity contribution in [3.8, 4) is 5.75 Å². The first-order valence-corrected chi connectivity index (χ1v) is 6.46. The van der Waals surface area contributed by atoms with Gasteiger partial charge in [0.15, 0.2) is 0 Å². The van der Waals surface area contributed by atoms with E-state index in [1.54, 1.807) is 30.3 Å². The molecule has 0 aliphatic carbocycles. The van der Waals surface area contributed by atoms with Gasteiger partial charge in [0.25, 0.3) is 0 Å². The summed E-state index contributed by atoms with van der Waals surface area (Å²) in [6.45, 7) is 0.254. The second-order valence-electron chi connectivity index (χ2n) is 3.45. The van der Waals surface area contributed by atoms with Gasteiger partial charge in [-0.2, -0.15) is 0 Å². The molecule has 0 amide bonds. The van der Waals surface area contributed by atoms with Crippen LogP contribution in [0.5, 0.6) is 5.75 Å². The van der Waals surface area contributed by atoms with E-state index < -0.39 is 0 Å². The Morgan fingerprint density at radius 1 is 1.00 bits per heavy atom. The van der Waals surface area contributed by atoms with Crippen LogP contribution in [-0.2, 0) is 6.61 Å². The topological polar surface area (TPSA) is 22.1 Å². The Bertz CT molecular complexity index is 522. The van der Waals surface area contributed by atoms with Crippen LogP contribution in [0.4, 0.5) is 0 Å². The molecular formula is C12H7Cl4NO. The van der Waals surface area contributed by atoms with E-state index in [1.165, 1.54) is 0 Å². The third kappa shape index (κ3) is 3.42. The van der Waals surface area contributed by atoms with Crippen molar-refractivity contribution >= 4 is 46.4 Å². The fourth-order valence-corrected chi connectivity index (χ4v) is 2.16. The van der Waals surface area contributed by atoms with Gasteiger partial charge >= 0.3 is 0 Å². The average Bonchev–Trinajstić information content (AvgIpc) is 2.30. The monoisotopic (exact) mass is 321 g/mol. The average molecular weight is 323 g/mol. The zero-order chi connectivity index (χ0) is 13.1. The van der Waals surface area contributed by atoms with Crippen molar-refractivity contribution in [1.82, 2.24) is 4.98 Å². The van der Waals surface area contributed by atoms with Gasteiger partial charge in [0.1, 0.15) is 22.7 Å². The van der Waals surface area contributed by atoms with E-state index in [0.29, 0.717) is 26.1 Å². The first kappa shape index (κ1) is 13.8. The van der Waals surface area contributed by atoms with Crippen LogP contribution in [0.1, 0.15) is 5.56 Å². The molecule has 0 bridgehead atoms. The smallest absolute Gasteiger partial charge is 0.138 e. The Morgan fingerprint density at radius 2 is 1.78 bits per heavy atom. The molecule has 18 heavy (non-hydrogen) atoms. The molecule has 0 saturated heterocycles. The van der Waals surface area contributed by atoms with Gasteiger partial charge in [-0.1, -0.05) is 46.4 Å². The molecule has 0 radical (unpaired) electrons. The summed E-state index contributed by atoms with van der Waals surface area (Å²) in [5.41, 5.74) is 0.729. The number of aromatic nitrogens is 1. The van der Waals surface area contributed by atoms with Crippen LogP contribution in [-0.4, -0.2) is 4.98 Å². The highest BCUT2D eigenvalue weighted by atomic mass is 35.5. The predicted molar refractivity (Wildman–Crippen MR) is 75.1 cm³/mol. The summed E-state index contributed by atoms with van der Waals surface area (Å²) in [7, 11) is 0. The number of ether oxygens (including phenoxy) is 1. The molecule has 94 valence electrons. The first-order valence-electron chi connectivity index (χ1n) is 4.95. The molecule has 1 aromatic carbocycles. The normalized spacial score (nSPS) is 10.4. The van der Waals surface area contributed by atoms with Crippen molar-refractivity contribution in [3.05, 3.63) is 56.2 Å². The summed E-state index contributed by atoms with van der Waals surface area (Å²) >= 11 is 23.4. The summed E-state index contributed by atoms with van der Waals surface area (Å²) in [5.74, 6) is 0.534. The second-order valence-corrected chi connectivity index (χ2v) is 5.04. The molecule has 2 nitrogen and oxygen atoms in total. The SMILES string of the molecule is Clc1ccc(OCc2ccc(Cl)nc2Cl)c(Cl)c1. The molecule has 0 saturated carbocycles. The van der Waals surface area contributed by atoms with E-state index in [4.69, 9.17) is 51.1 Å². The maximum Gasteiger partial charge on any atom is 0.138 e. The fourth-order valence-electron chi connectivity index (χ4n) is 1.30. The van der Waals surface area contributed by atoms with Crippen molar-refractivity contribution in [1.29, 1.82) is 0 Å². The van der Waals surface area contributed by atoms with Crippen LogP contribution in [0.2, 0.25) is 20.4 Å². The van der Waals surface area contributed by atoms with E-state index in [0.717, 1.165) is 5.56 Å². The maximum atomic E-state index is 5.98. The molecule has 2 aromatic rings. The number of hydrogen-bond acceptors (Lipinski definition) is 2. The van der Waals surface area contributed by atoms with Gasteiger partial charge in [-0.3, -0.25) is 0 Å². The Balaban J connectivity index is 2.11. The summed E-state index contributed by atoms with van der Waals surface area (Å²) in [6.07, 6.45) is 0. The molecule has 0 unspecified atom stereocenters. The van der Waals surface area contributed by atoms with Crippen molar-refractivity contribution in [2.45, 2.75) is 6.61 Å². The Morgan fingerprint density at radius 3 is 2.44 bits per heavy atom. The molecule has 2 rings (SSSR count). The van der Waals surface area contributed by atoms with Gasteiger partial charge in [0, 0.05) is 10.6 Å². The fraction of sp³-hybridized carbons (Fsp3) is 0.0833. The molecule has 0 fully saturated rings. The lowest BCUT2D eigenvalue weighted by atomic mass is 10.3. The minimum Gasteiger partial charge on any atom is -0.487 e. The van der Waals surface area contributed by atoms with Crippen molar-refractivity contribution in [2.24, 2.45) is 0 Å². The molecular weight excluding hydrogens is 316 g/mol. The molecule has 0 atom stereocenters. The summed E-state index contributed by atoms with van der Waals surface area (Å²) in [4.78, 5) is 3.92. The van der Waals surface area contributed by atoms with E-state index in [1.807, 2.05) is 0 Å². The number of nitrogens with zero attached hydrogens (tertiary/aromatic N) is 1. The third-order valence-corrected chi connectivity index (χ3v) is 3.24. The van der Waals surface area contributed by atoms with Crippen molar-refractivity contribution in [2.75, 3.05) is 0 Å². The number of halogens is 4. The minimum absolute atomic E-state index is 0.254. The Kier molecular flexibility index (Phi) is 4.57. The van der Waals surface area contributed by atoms with Crippen LogP contribution in [0.25, 0.3) is 0 Å². The molecule has 0 aliphatic heterocycles. The molecule has 1 heterocycles. The highest BCUT2D eigenvalue weighted by Gasteiger charge is 2.06. The van der Waals surface area contributed by atoms with Crippen molar-refractivity contribution < 1.29 is 4.74 Å². The van der Waals surface area contributed by atoms with E-state index in [9.17, 15) is 0 Å². The lowest BCUT2D eigenvalue weighted by molar-refractivity contribution is 0.306. The van der Waals surface area contributed by atoms with Crippen LogP contribution in [0, 0.1) is 0 Å². The summed E-state index contributed by atoms with van der Waals surface area (Å²) < 4.78 is 5.54. The third-order valence-electron chi connectivity index (χ3n) is 2.17. The van der Waals surface area contributed by atoms with E-state index >= 15 is 0 Å². The maximum absolute atomic E-state index is 5.98. The van der Waals surface area contributed by atoms with Gasteiger partial charge in [-0.15, -0.1) is 0 Å². The highest BCUT2D eigenvalue weighted by Crippen LogP contribution is 2.28. The highest BCUT2D eigenvalue weighted by molar-refractivity contribution is 6.35. The standard InChI is InChI=1S/C12H7Cl4NO/c13-8-2-3-10(9(14)5-8)18-6-7-1-4-11(15)17-12(7)16/h1-5H,6H2. The van der Waals surface area contributed by atoms with Crippen LogP contribution in [0.15, 0.2) is 30.3 Å². The number of rotatable bonds is 3. The molecule has 0 aliphatic rings. The van der Waals surface area contributed by atoms with Gasteiger partial charge in [-0.05, 0) is 30.3 Å².